The summed E-state index contributed by atoms with van der Waals surface area (Å²) in [5, 5.41) is 6.05. The molecule has 2 rings (SSSR count). The Hall–Kier alpha value is -1.92. The first kappa shape index (κ1) is 16.5. The minimum Gasteiger partial charge on any atom is -0.369 e. The predicted molar refractivity (Wildman–Crippen MR) is 93.4 cm³/mol. The molecule has 0 aliphatic heterocycles. The van der Waals surface area contributed by atoms with Gasteiger partial charge in [0.1, 0.15) is 5.82 Å². The first-order chi connectivity index (χ1) is 10.5. The van der Waals surface area contributed by atoms with Crippen LogP contribution in [0.5, 0.6) is 0 Å². The maximum absolute atomic E-state index is 12.1. The van der Waals surface area contributed by atoms with Gasteiger partial charge in [-0.05, 0) is 44.4 Å². The molecule has 0 radical (unpaired) electrons. The van der Waals surface area contributed by atoms with Gasteiger partial charge in [-0.1, -0.05) is 22.0 Å². The van der Waals surface area contributed by atoms with E-state index in [-0.39, 0.29) is 5.91 Å². The molecular formula is C16H19BrN4O. The highest BCUT2D eigenvalue weighted by molar-refractivity contribution is 9.10. The van der Waals surface area contributed by atoms with E-state index < -0.39 is 0 Å². The molecule has 116 valence electrons. The summed E-state index contributed by atoms with van der Waals surface area (Å²) in [6.07, 6.45) is 1.65. The Morgan fingerprint density at radius 1 is 1.27 bits per heavy atom. The fraction of sp³-hybridized carbons (Fsp3) is 0.250. The normalized spacial score (nSPS) is 10.5. The lowest BCUT2D eigenvalue weighted by Gasteiger charge is -2.11. The van der Waals surface area contributed by atoms with E-state index in [0.29, 0.717) is 11.3 Å². The summed E-state index contributed by atoms with van der Waals surface area (Å²) in [6.45, 7) is 1.76. The highest BCUT2D eigenvalue weighted by Gasteiger charge is 2.06. The van der Waals surface area contributed by atoms with Crippen molar-refractivity contribution < 1.29 is 4.79 Å². The van der Waals surface area contributed by atoms with Gasteiger partial charge in [0.2, 0.25) is 0 Å². The maximum Gasteiger partial charge on any atom is 0.255 e. The Labute approximate surface area is 138 Å². The van der Waals surface area contributed by atoms with Crippen LogP contribution in [-0.2, 0) is 0 Å². The van der Waals surface area contributed by atoms with Gasteiger partial charge in [-0.3, -0.25) is 4.79 Å². The molecule has 0 fully saturated rings. The van der Waals surface area contributed by atoms with Crippen molar-refractivity contribution in [2.45, 2.75) is 0 Å². The van der Waals surface area contributed by atoms with Crippen molar-refractivity contribution in [1.29, 1.82) is 0 Å². The molecule has 6 heteroatoms. The third kappa shape index (κ3) is 5.13. The summed E-state index contributed by atoms with van der Waals surface area (Å²) in [5.74, 6) is 0.638. The summed E-state index contributed by atoms with van der Waals surface area (Å²) >= 11 is 3.36. The summed E-state index contributed by atoms with van der Waals surface area (Å²) < 4.78 is 0.874. The smallest absolute Gasteiger partial charge is 0.255 e. The molecule has 1 aromatic heterocycles. The van der Waals surface area contributed by atoms with E-state index in [4.69, 9.17) is 0 Å². The molecule has 0 unspecified atom stereocenters. The van der Waals surface area contributed by atoms with Crippen molar-refractivity contribution in [2.24, 2.45) is 0 Å². The van der Waals surface area contributed by atoms with Gasteiger partial charge in [-0.2, -0.15) is 0 Å². The number of nitrogens with one attached hydrogen (secondary N) is 2. The van der Waals surface area contributed by atoms with Crippen LogP contribution in [0.3, 0.4) is 0 Å². The molecule has 0 bridgehead atoms. The molecule has 0 aliphatic carbocycles. The summed E-state index contributed by atoms with van der Waals surface area (Å²) in [4.78, 5) is 18.5. The number of hydrogen-bond acceptors (Lipinski definition) is 4. The molecule has 0 spiro atoms. The van der Waals surface area contributed by atoms with Gasteiger partial charge >= 0.3 is 0 Å². The third-order valence-electron chi connectivity index (χ3n) is 2.97. The van der Waals surface area contributed by atoms with Crippen molar-refractivity contribution >= 4 is 33.3 Å². The van der Waals surface area contributed by atoms with E-state index in [1.807, 2.05) is 38.4 Å². The van der Waals surface area contributed by atoms with Crippen LogP contribution in [0.15, 0.2) is 47.1 Å². The van der Waals surface area contributed by atoms with Crippen molar-refractivity contribution in [3.63, 3.8) is 0 Å². The van der Waals surface area contributed by atoms with Crippen LogP contribution in [0.4, 0.5) is 11.5 Å². The molecular weight excluding hydrogens is 344 g/mol. The first-order valence-electron chi connectivity index (χ1n) is 6.96. The SMILES string of the molecule is CN(C)CCNc1ccc(NC(=O)c2cccc(Br)c2)cn1. The van der Waals surface area contributed by atoms with Crippen LogP contribution in [0.2, 0.25) is 0 Å². The van der Waals surface area contributed by atoms with Crippen LogP contribution in [-0.4, -0.2) is 43.0 Å². The molecule has 1 amide bonds. The Balaban J connectivity index is 1.92. The van der Waals surface area contributed by atoms with E-state index in [9.17, 15) is 4.79 Å². The Morgan fingerprint density at radius 2 is 2.09 bits per heavy atom. The number of carbonyl (C=O) groups is 1. The number of benzene rings is 1. The minimum atomic E-state index is -0.156. The summed E-state index contributed by atoms with van der Waals surface area (Å²) in [7, 11) is 4.05. The number of anilines is 2. The first-order valence-corrected chi connectivity index (χ1v) is 7.75. The highest BCUT2D eigenvalue weighted by Crippen LogP contribution is 2.14. The molecule has 0 atom stereocenters. The van der Waals surface area contributed by atoms with Gasteiger partial charge in [-0.25, -0.2) is 4.98 Å². The molecule has 0 saturated carbocycles. The molecule has 2 aromatic rings. The summed E-state index contributed by atoms with van der Waals surface area (Å²) in [5.41, 5.74) is 1.27. The zero-order valence-electron chi connectivity index (χ0n) is 12.6. The van der Waals surface area contributed by atoms with Crippen LogP contribution in [0.1, 0.15) is 10.4 Å². The van der Waals surface area contributed by atoms with Gasteiger partial charge in [0.25, 0.3) is 5.91 Å². The zero-order valence-corrected chi connectivity index (χ0v) is 14.2. The Kier molecular flexibility index (Phi) is 5.91. The third-order valence-corrected chi connectivity index (χ3v) is 3.47. The van der Waals surface area contributed by atoms with Crippen molar-refractivity contribution in [2.75, 3.05) is 37.8 Å². The monoisotopic (exact) mass is 362 g/mol. The highest BCUT2D eigenvalue weighted by atomic mass is 79.9. The van der Waals surface area contributed by atoms with E-state index in [2.05, 4.69) is 36.4 Å². The van der Waals surface area contributed by atoms with Crippen LogP contribution in [0.25, 0.3) is 0 Å². The standard InChI is InChI=1S/C16H19BrN4O/c1-21(2)9-8-18-15-7-6-14(11-19-15)20-16(22)12-4-3-5-13(17)10-12/h3-7,10-11H,8-9H2,1-2H3,(H,18,19)(H,20,22). The molecule has 22 heavy (non-hydrogen) atoms. The summed E-state index contributed by atoms with van der Waals surface area (Å²) in [6, 6.07) is 10.9. The average molecular weight is 363 g/mol. The maximum atomic E-state index is 12.1. The lowest BCUT2D eigenvalue weighted by Crippen LogP contribution is -2.21. The number of pyridine rings is 1. The second-order valence-electron chi connectivity index (χ2n) is 5.13. The Morgan fingerprint density at radius 3 is 2.73 bits per heavy atom. The molecule has 1 heterocycles. The van der Waals surface area contributed by atoms with Gasteiger partial charge in [-0.15, -0.1) is 0 Å². The number of hydrogen-bond donors (Lipinski definition) is 2. The number of aromatic nitrogens is 1. The molecule has 1 aromatic carbocycles. The fourth-order valence-electron chi connectivity index (χ4n) is 1.81. The zero-order chi connectivity index (χ0) is 15.9. The van der Waals surface area contributed by atoms with Crippen molar-refractivity contribution in [1.82, 2.24) is 9.88 Å². The van der Waals surface area contributed by atoms with Gasteiger partial charge in [0.15, 0.2) is 0 Å². The largest absolute Gasteiger partial charge is 0.369 e. The minimum absolute atomic E-state index is 0.156. The molecule has 5 nitrogen and oxygen atoms in total. The number of nitrogens with zero attached hydrogens (tertiary/aromatic N) is 2. The van der Waals surface area contributed by atoms with Gasteiger partial charge < -0.3 is 15.5 Å². The second kappa shape index (κ2) is 7.91. The molecule has 0 aliphatic rings. The van der Waals surface area contributed by atoms with E-state index >= 15 is 0 Å². The van der Waals surface area contributed by atoms with E-state index in [1.54, 1.807) is 18.3 Å². The van der Waals surface area contributed by atoms with Gasteiger partial charge in [0.05, 0.1) is 11.9 Å². The van der Waals surface area contributed by atoms with Crippen molar-refractivity contribution in [3.05, 3.63) is 52.6 Å². The molecule has 2 N–H and O–H groups in total. The average Bonchev–Trinajstić information content (AvgIpc) is 2.48. The number of amides is 1. The van der Waals surface area contributed by atoms with Crippen LogP contribution < -0.4 is 10.6 Å². The Bertz CT molecular complexity index is 628. The number of halogens is 1. The predicted octanol–water partition coefficient (Wildman–Crippen LogP) is 3.07. The number of carbonyl (C=O) groups excluding carboxylic acids is 1. The fourth-order valence-corrected chi connectivity index (χ4v) is 2.21. The van der Waals surface area contributed by atoms with Gasteiger partial charge in [0, 0.05) is 23.1 Å². The van der Waals surface area contributed by atoms with Crippen molar-refractivity contribution in [3.8, 4) is 0 Å². The topological polar surface area (TPSA) is 57.3 Å². The number of rotatable bonds is 6. The number of likely N-dealkylation sites (N-methyl/N-ethyl adjacent to an activating group) is 1. The lowest BCUT2D eigenvalue weighted by molar-refractivity contribution is 0.102. The quantitative estimate of drug-likeness (QED) is 0.828. The lowest BCUT2D eigenvalue weighted by atomic mass is 10.2. The second-order valence-corrected chi connectivity index (χ2v) is 6.04. The molecule has 0 saturated heterocycles. The van der Waals surface area contributed by atoms with E-state index in [1.165, 1.54) is 0 Å². The van der Waals surface area contributed by atoms with E-state index in [0.717, 1.165) is 23.4 Å². The van der Waals surface area contributed by atoms with Crippen LogP contribution >= 0.6 is 15.9 Å². The van der Waals surface area contributed by atoms with Crippen LogP contribution in [0, 0.1) is 0 Å².